The van der Waals surface area contributed by atoms with Gasteiger partial charge in [-0.2, -0.15) is 0 Å². The van der Waals surface area contributed by atoms with Crippen molar-refractivity contribution in [3.05, 3.63) is 0 Å². The van der Waals surface area contributed by atoms with Gasteiger partial charge in [-0.25, -0.2) is 4.79 Å². The summed E-state index contributed by atoms with van der Waals surface area (Å²) in [7, 11) is 0. The van der Waals surface area contributed by atoms with Crippen LogP contribution < -0.4 is 5.32 Å². The first-order valence-electron chi connectivity index (χ1n) is 5.98. The Hall–Kier alpha value is -1.59. The number of carbonyl (C=O) groups is 3. The van der Waals surface area contributed by atoms with E-state index in [9.17, 15) is 14.4 Å². The maximum absolute atomic E-state index is 11.5. The van der Waals surface area contributed by atoms with E-state index in [-0.39, 0.29) is 24.9 Å². The minimum absolute atomic E-state index is 0.0385. The van der Waals surface area contributed by atoms with Crippen LogP contribution in [0.2, 0.25) is 0 Å². The van der Waals surface area contributed by atoms with Gasteiger partial charge in [-0.3, -0.25) is 9.59 Å². The molecule has 18 heavy (non-hydrogen) atoms. The third-order valence-electron chi connectivity index (χ3n) is 2.45. The van der Waals surface area contributed by atoms with Crippen molar-refractivity contribution in [3.8, 4) is 0 Å². The maximum Gasteiger partial charge on any atom is 0.326 e. The van der Waals surface area contributed by atoms with E-state index in [0.717, 1.165) is 0 Å². The van der Waals surface area contributed by atoms with Crippen LogP contribution in [0.25, 0.3) is 0 Å². The van der Waals surface area contributed by atoms with E-state index in [1.165, 1.54) is 0 Å². The van der Waals surface area contributed by atoms with Gasteiger partial charge in [0.05, 0.1) is 13.0 Å². The van der Waals surface area contributed by atoms with Crippen LogP contribution in [0.3, 0.4) is 0 Å². The largest absolute Gasteiger partial charge is 0.480 e. The van der Waals surface area contributed by atoms with Crippen molar-refractivity contribution in [2.45, 2.75) is 40.2 Å². The van der Waals surface area contributed by atoms with Crippen molar-refractivity contribution < 1.29 is 24.2 Å². The zero-order valence-corrected chi connectivity index (χ0v) is 11.2. The minimum atomic E-state index is -1.15. The predicted molar refractivity (Wildman–Crippen MR) is 64.8 cm³/mol. The monoisotopic (exact) mass is 259 g/mol. The molecule has 0 aliphatic carbocycles. The fourth-order valence-corrected chi connectivity index (χ4v) is 1.37. The SMILES string of the molecule is CCOC(=O)C[C@@H](C)[C@H](NC(=O)C(C)C)C(=O)O. The Kier molecular flexibility index (Phi) is 7.00. The lowest BCUT2D eigenvalue weighted by molar-refractivity contribution is -0.147. The second-order valence-electron chi connectivity index (χ2n) is 4.47. The molecule has 0 saturated heterocycles. The molecule has 0 heterocycles. The molecule has 0 fully saturated rings. The van der Waals surface area contributed by atoms with Gasteiger partial charge in [-0.1, -0.05) is 20.8 Å². The molecule has 1 amide bonds. The number of carboxylic acid groups (broad SMARTS) is 1. The molecule has 0 radical (unpaired) electrons. The van der Waals surface area contributed by atoms with E-state index in [4.69, 9.17) is 9.84 Å². The average molecular weight is 259 g/mol. The molecule has 6 nitrogen and oxygen atoms in total. The molecule has 2 N–H and O–H groups in total. The van der Waals surface area contributed by atoms with Crippen LogP contribution in [-0.4, -0.2) is 35.6 Å². The number of carboxylic acids is 1. The lowest BCUT2D eigenvalue weighted by atomic mass is 9.97. The lowest BCUT2D eigenvalue weighted by Crippen LogP contribution is -2.47. The summed E-state index contributed by atoms with van der Waals surface area (Å²) in [5.41, 5.74) is 0. The number of amides is 1. The van der Waals surface area contributed by atoms with Crippen molar-refractivity contribution >= 4 is 17.8 Å². The van der Waals surface area contributed by atoms with Crippen molar-refractivity contribution in [3.63, 3.8) is 0 Å². The molecule has 0 aromatic heterocycles. The molecule has 6 heteroatoms. The van der Waals surface area contributed by atoms with Crippen LogP contribution in [-0.2, 0) is 19.1 Å². The zero-order chi connectivity index (χ0) is 14.3. The summed E-state index contributed by atoms with van der Waals surface area (Å²) in [5.74, 6) is -2.79. The van der Waals surface area contributed by atoms with Gasteiger partial charge < -0.3 is 15.2 Å². The highest BCUT2D eigenvalue weighted by Crippen LogP contribution is 2.11. The van der Waals surface area contributed by atoms with Gasteiger partial charge in [0.1, 0.15) is 6.04 Å². The second-order valence-corrected chi connectivity index (χ2v) is 4.47. The summed E-state index contributed by atoms with van der Waals surface area (Å²) in [5, 5.41) is 11.5. The number of ether oxygens (including phenoxy) is 1. The van der Waals surface area contributed by atoms with Crippen LogP contribution in [0.1, 0.15) is 34.1 Å². The zero-order valence-electron chi connectivity index (χ0n) is 11.2. The number of aliphatic carboxylic acids is 1. The highest BCUT2D eigenvalue weighted by atomic mass is 16.5. The van der Waals surface area contributed by atoms with Crippen molar-refractivity contribution in [2.24, 2.45) is 11.8 Å². The smallest absolute Gasteiger partial charge is 0.326 e. The Morgan fingerprint density at radius 2 is 1.78 bits per heavy atom. The summed E-state index contributed by atoms with van der Waals surface area (Å²) in [6.45, 7) is 6.87. The number of hydrogen-bond acceptors (Lipinski definition) is 4. The molecule has 0 unspecified atom stereocenters. The van der Waals surface area contributed by atoms with Gasteiger partial charge >= 0.3 is 11.9 Å². The number of nitrogens with one attached hydrogen (secondary N) is 1. The maximum atomic E-state index is 11.5. The predicted octanol–water partition coefficient (Wildman–Crippen LogP) is 0.801. The first-order valence-corrected chi connectivity index (χ1v) is 5.98. The Balaban J connectivity index is 4.55. The average Bonchev–Trinajstić information content (AvgIpc) is 2.24. The highest BCUT2D eigenvalue weighted by Gasteiger charge is 2.29. The molecule has 2 atom stereocenters. The van der Waals surface area contributed by atoms with Crippen LogP contribution in [0.4, 0.5) is 0 Å². The summed E-state index contributed by atoms with van der Waals surface area (Å²) in [6.07, 6.45) is -0.0385. The minimum Gasteiger partial charge on any atom is -0.480 e. The van der Waals surface area contributed by atoms with Crippen LogP contribution in [0.5, 0.6) is 0 Å². The molecule has 104 valence electrons. The molecule has 0 spiro atoms. The summed E-state index contributed by atoms with van der Waals surface area (Å²) in [4.78, 5) is 33.8. The summed E-state index contributed by atoms with van der Waals surface area (Å²) in [6, 6.07) is -1.08. The Morgan fingerprint density at radius 1 is 1.22 bits per heavy atom. The van der Waals surface area contributed by atoms with Crippen molar-refractivity contribution in [1.29, 1.82) is 0 Å². The number of rotatable bonds is 7. The molecule has 0 saturated carbocycles. The Labute approximate surface area is 107 Å². The van der Waals surface area contributed by atoms with Crippen molar-refractivity contribution in [1.82, 2.24) is 5.32 Å². The fraction of sp³-hybridized carbons (Fsp3) is 0.750. The standard InChI is InChI=1S/C12H21NO5/c1-5-18-9(14)6-8(4)10(12(16)17)13-11(15)7(2)3/h7-8,10H,5-6H2,1-4H3,(H,13,15)(H,16,17)/t8-,10+/m1/s1. The van der Waals surface area contributed by atoms with Crippen LogP contribution >= 0.6 is 0 Å². The Morgan fingerprint density at radius 3 is 2.17 bits per heavy atom. The molecule has 0 aromatic carbocycles. The van der Waals surface area contributed by atoms with E-state index in [1.54, 1.807) is 27.7 Å². The molecule has 0 bridgehead atoms. The van der Waals surface area contributed by atoms with Gasteiger partial charge in [-0.15, -0.1) is 0 Å². The normalized spacial score (nSPS) is 13.8. The molecule has 0 aliphatic heterocycles. The molecule has 0 rings (SSSR count). The van der Waals surface area contributed by atoms with Gasteiger partial charge in [0.15, 0.2) is 0 Å². The van der Waals surface area contributed by atoms with E-state index < -0.39 is 23.9 Å². The molecular weight excluding hydrogens is 238 g/mol. The van der Waals surface area contributed by atoms with Crippen LogP contribution in [0.15, 0.2) is 0 Å². The third kappa shape index (κ3) is 5.65. The number of esters is 1. The summed E-state index contributed by atoms with van der Waals surface area (Å²) >= 11 is 0. The quantitative estimate of drug-likeness (QED) is 0.660. The lowest BCUT2D eigenvalue weighted by Gasteiger charge is -2.21. The van der Waals surface area contributed by atoms with Crippen LogP contribution in [0, 0.1) is 11.8 Å². The van der Waals surface area contributed by atoms with Gasteiger partial charge in [0, 0.05) is 5.92 Å². The highest BCUT2D eigenvalue weighted by molar-refractivity contribution is 5.85. The molecule has 0 aromatic rings. The van der Waals surface area contributed by atoms with E-state index in [2.05, 4.69) is 5.32 Å². The molecule has 0 aliphatic rings. The molecular formula is C12H21NO5. The van der Waals surface area contributed by atoms with Gasteiger partial charge in [-0.05, 0) is 12.8 Å². The fourth-order valence-electron chi connectivity index (χ4n) is 1.37. The van der Waals surface area contributed by atoms with E-state index in [1.807, 2.05) is 0 Å². The van der Waals surface area contributed by atoms with E-state index >= 15 is 0 Å². The first-order chi connectivity index (χ1) is 8.29. The topological polar surface area (TPSA) is 92.7 Å². The van der Waals surface area contributed by atoms with Crippen molar-refractivity contribution in [2.75, 3.05) is 6.61 Å². The van der Waals surface area contributed by atoms with Gasteiger partial charge in [0.2, 0.25) is 5.91 Å². The van der Waals surface area contributed by atoms with Gasteiger partial charge in [0.25, 0.3) is 0 Å². The number of carbonyl (C=O) groups excluding carboxylic acids is 2. The van der Waals surface area contributed by atoms with E-state index in [0.29, 0.717) is 0 Å². The third-order valence-corrected chi connectivity index (χ3v) is 2.45. The summed E-state index contributed by atoms with van der Waals surface area (Å²) < 4.78 is 4.75. The second kappa shape index (κ2) is 7.68. The first kappa shape index (κ1) is 16.4. The Bertz CT molecular complexity index is 314. The number of hydrogen-bond donors (Lipinski definition) is 2.